The lowest BCUT2D eigenvalue weighted by Gasteiger charge is -2.06. The third-order valence-corrected chi connectivity index (χ3v) is 4.92. The first kappa shape index (κ1) is 17.9. The van der Waals surface area contributed by atoms with Gasteiger partial charge in [-0.1, -0.05) is 17.3 Å². The third-order valence-electron chi connectivity index (χ3n) is 3.61. The first-order valence-electron chi connectivity index (χ1n) is 8.18. The number of hydrogen-bond donors (Lipinski definition) is 1. The van der Waals surface area contributed by atoms with Crippen molar-refractivity contribution in [2.24, 2.45) is 0 Å². The lowest BCUT2D eigenvalue weighted by molar-refractivity contribution is 0.340. The molecule has 1 heterocycles. The van der Waals surface area contributed by atoms with Gasteiger partial charge in [0.25, 0.3) is 5.89 Å². The molecule has 0 atom stereocenters. The van der Waals surface area contributed by atoms with Gasteiger partial charge in [-0.05, 0) is 50.2 Å². The average molecular weight is 373 g/mol. The highest BCUT2D eigenvalue weighted by Crippen LogP contribution is 2.25. The summed E-state index contributed by atoms with van der Waals surface area (Å²) in [6.07, 6.45) is 0. The molecule has 0 spiro atoms. The van der Waals surface area contributed by atoms with E-state index in [4.69, 9.17) is 9.26 Å². The average Bonchev–Trinajstić information content (AvgIpc) is 3.13. The number of ether oxygens (including phenoxy) is 1. The summed E-state index contributed by atoms with van der Waals surface area (Å²) >= 11 is 0. The molecule has 0 radical (unpaired) electrons. The summed E-state index contributed by atoms with van der Waals surface area (Å²) < 4.78 is 36.7. The monoisotopic (exact) mass is 373 g/mol. The van der Waals surface area contributed by atoms with Gasteiger partial charge in [-0.2, -0.15) is 4.98 Å². The fraction of sp³-hybridized carbons (Fsp3) is 0.222. The molecule has 8 heteroatoms. The van der Waals surface area contributed by atoms with Crippen LogP contribution in [0.15, 0.2) is 53.1 Å². The Kier molecular flexibility index (Phi) is 5.22. The fourth-order valence-corrected chi connectivity index (χ4v) is 2.92. The van der Waals surface area contributed by atoms with Crippen LogP contribution in [-0.2, 0) is 10.0 Å². The minimum atomic E-state index is -3.34. The van der Waals surface area contributed by atoms with Crippen molar-refractivity contribution < 1.29 is 17.7 Å². The van der Waals surface area contributed by atoms with Gasteiger partial charge in [0, 0.05) is 16.8 Å². The Morgan fingerprint density at radius 2 is 1.85 bits per heavy atom. The van der Waals surface area contributed by atoms with Crippen LogP contribution in [0, 0.1) is 0 Å². The molecule has 0 aliphatic rings. The Morgan fingerprint density at radius 1 is 1.08 bits per heavy atom. The third kappa shape index (κ3) is 4.20. The van der Waals surface area contributed by atoms with Crippen LogP contribution < -0.4 is 9.46 Å². The maximum absolute atomic E-state index is 11.7. The standard InChI is InChI=1S/C18H19N3O4S/c1-3-24-16-10-8-13(9-11-16)18-19-17(20-25-18)14-6-5-7-15(12-14)21-26(22,23)4-2/h5-12,21H,3-4H2,1-2H3. The van der Waals surface area contributed by atoms with Crippen LogP contribution >= 0.6 is 0 Å². The molecular weight excluding hydrogens is 354 g/mol. The second-order valence-electron chi connectivity index (χ2n) is 5.47. The number of nitrogens with one attached hydrogen (secondary N) is 1. The van der Waals surface area contributed by atoms with Crippen LogP contribution in [0.3, 0.4) is 0 Å². The maximum Gasteiger partial charge on any atom is 0.258 e. The zero-order chi connectivity index (χ0) is 18.6. The smallest absolute Gasteiger partial charge is 0.258 e. The van der Waals surface area contributed by atoms with Crippen molar-refractivity contribution in [2.45, 2.75) is 13.8 Å². The minimum absolute atomic E-state index is 0.00132. The predicted molar refractivity (Wildman–Crippen MR) is 99.4 cm³/mol. The molecule has 0 saturated heterocycles. The molecule has 3 rings (SSSR count). The van der Waals surface area contributed by atoms with Crippen molar-refractivity contribution in [3.05, 3.63) is 48.5 Å². The number of hydrogen-bond acceptors (Lipinski definition) is 6. The molecule has 0 aliphatic heterocycles. The summed E-state index contributed by atoms with van der Waals surface area (Å²) in [5.74, 6) is 1.53. The lowest BCUT2D eigenvalue weighted by atomic mass is 10.2. The van der Waals surface area contributed by atoms with E-state index < -0.39 is 10.0 Å². The van der Waals surface area contributed by atoms with Gasteiger partial charge < -0.3 is 9.26 Å². The van der Waals surface area contributed by atoms with Crippen molar-refractivity contribution in [1.29, 1.82) is 0 Å². The van der Waals surface area contributed by atoms with Crippen molar-refractivity contribution >= 4 is 15.7 Å². The molecule has 0 aliphatic carbocycles. The maximum atomic E-state index is 11.7. The molecule has 0 saturated carbocycles. The Bertz CT molecular complexity index is 982. The number of rotatable bonds is 7. The second kappa shape index (κ2) is 7.57. The molecule has 136 valence electrons. The van der Waals surface area contributed by atoms with Crippen LogP contribution in [0.5, 0.6) is 5.75 Å². The first-order chi connectivity index (χ1) is 12.5. The minimum Gasteiger partial charge on any atom is -0.494 e. The molecule has 0 amide bonds. The number of sulfonamides is 1. The van der Waals surface area contributed by atoms with E-state index in [1.807, 2.05) is 31.2 Å². The highest BCUT2D eigenvalue weighted by Gasteiger charge is 2.13. The van der Waals surface area contributed by atoms with E-state index in [1.54, 1.807) is 31.2 Å². The summed E-state index contributed by atoms with van der Waals surface area (Å²) in [7, 11) is -3.34. The molecule has 1 aromatic heterocycles. The molecule has 0 fully saturated rings. The van der Waals surface area contributed by atoms with E-state index in [9.17, 15) is 8.42 Å². The van der Waals surface area contributed by atoms with Gasteiger partial charge in [0.05, 0.1) is 12.4 Å². The molecule has 1 N–H and O–H groups in total. The predicted octanol–water partition coefficient (Wildman–Crippen LogP) is 3.56. The van der Waals surface area contributed by atoms with E-state index in [0.717, 1.165) is 11.3 Å². The molecular formula is C18H19N3O4S. The fourth-order valence-electron chi connectivity index (χ4n) is 2.29. The van der Waals surface area contributed by atoms with Crippen molar-refractivity contribution in [2.75, 3.05) is 17.1 Å². The van der Waals surface area contributed by atoms with E-state index in [1.165, 1.54) is 0 Å². The number of aromatic nitrogens is 2. The Morgan fingerprint density at radius 3 is 2.54 bits per heavy atom. The quantitative estimate of drug-likeness (QED) is 0.680. The van der Waals surface area contributed by atoms with Crippen LogP contribution in [0.25, 0.3) is 22.8 Å². The SMILES string of the molecule is CCOc1ccc(-c2nc(-c3cccc(NS(=O)(=O)CC)c3)no2)cc1. The first-order valence-corrected chi connectivity index (χ1v) is 9.84. The summed E-state index contributed by atoms with van der Waals surface area (Å²) in [6, 6.07) is 14.2. The largest absolute Gasteiger partial charge is 0.494 e. The normalized spacial score (nSPS) is 11.3. The number of benzene rings is 2. The van der Waals surface area contributed by atoms with E-state index >= 15 is 0 Å². The summed E-state index contributed by atoms with van der Waals surface area (Å²) in [5, 5.41) is 3.98. The van der Waals surface area contributed by atoms with Gasteiger partial charge in [-0.3, -0.25) is 4.72 Å². The van der Waals surface area contributed by atoms with E-state index in [0.29, 0.717) is 29.6 Å². The van der Waals surface area contributed by atoms with Crippen LogP contribution in [-0.4, -0.2) is 30.9 Å². The van der Waals surface area contributed by atoms with Gasteiger partial charge in [-0.25, -0.2) is 8.42 Å². The highest BCUT2D eigenvalue weighted by molar-refractivity contribution is 7.92. The number of nitrogens with zero attached hydrogens (tertiary/aromatic N) is 2. The molecule has 3 aromatic rings. The van der Waals surface area contributed by atoms with Gasteiger partial charge in [0.2, 0.25) is 15.8 Å². The Hall–Kier alpha value is -2.87. The summed E-state index contributed by atoms with van der Waals surface area (Å²) in [5.41, 5.74) is 1.88. The Balaban J connectivity index is 1.83. The van der Waals surface area contributed by atoms with Gasteiger partial charge in [0.15, 0.2) is 0 Å². The lowest BCUT2D eigenvalue weighted by Crippen LogP contribution is -2.14. The molecule has 26 heavy (non-hydrogen) atoms. The Labute approximate surface area is 152 Å². The molecule has 0 unspecified atom stereocenters. The molecule has 2 aromatic carbocycles. The second-order valence-corrected chi connectivity index (χ2v) is 7.48. The van der Waals surface area contributed by atoms with E-state index in [2.05, 4.69) is 14.9 Å². The topological polar surface area (TPSA) is 94.3 Å². The van der Waals surface area contributed by atoms with Gasteiger partial charge in [-0.15, -0.1) is 0 Å². The summed E-state index contributed by atoms with van der Waals surface area (Å²) in [6.45, 7) is 4.10. The highest BCUT2D eigenvalue weighted by atomic mass is 32.2. The van der Waals surface area contributed by atoms with Gasteiger partial charge in [0.1, 0.15) is 5.75 Å². The zero-order valence-corrected chi connectivity index (χ0v) is 15.3. The van der Waals surface area contributed by atoms with Crippen LogP contribution in [0.4, 0.5) is 5.69 Å². The number of anilines is 1. The van der Waals surface area contributed by atoms with Gasteiger partial charge >= 0.3 is 0 Å². The van der Waals surface area contributed by atoms with Crippen LogP contribution in [0.1, 0.15) is 13.8 Å². The van der Waals surface area contributed by atoms with E-state index in [-0.39, 0.29) is 5.75 Å². The molecule has 7 nitrogen and oxygen atoms in total. The van der Waals surface area contributed by atoms with Crippen molar-refractivity contribution in [3.8, 4) is 28.6 Å². The van der Waals surface area contributed by atoms with Crippen molar-refractivity contribution in [1.82, 2.24) is 10.1 Å². The van der Waals surface area contributed by atoms with Crippen molar-refractivity contribution in [3.63, 3.8) is 0 Å². The molecule has 0 bridgehead atoms. The summed E-state index contributed by atoms with van der Waals surface area (Å²) in [4.78, 5) is 4.39. The zero-order valence-electron chi connectivity index (χ0n) is 14.5. The van der Waals surface area contributed by atoms with Crippen LogP contribution in [0.2, 0.25) is 0 Å².